The van der Waals surface area contributed by atoms with Crippen LogP contribution in [0.5, 0.6) is 5.75 Å². The number of aryl methyl sites for hydroxylation is 1. The van der Waals surface area contributed by atoms with Gasteiger partial charge in [0.05, 0.1) is 17.1 Å². The normalized spacial score (nSPS) is 12.2. The van der Waals surface area contributed by atoms with Crippen molar-refractivity contribution in [3.05, 3.63) is 63.6 Å². The SMILES string of the molecule is CCCOc1ccc(C(N)c2ccccc2CC)cc1Br. The molecular formula is C18H22BrNO. The quantitative estimate of drug-likeness (QED) is 0.810. The minimum absolute atomic E-state index is 0.113. The van der Waals surface area contributed by atoms with Crippen molar-refractivity contribution in [2.45, 2.75) is 32.7 Å². The van der Waals surface area contributed by atoms with Gasteiger partial charge in [0, 0.05) is 0 Å². The van der Waals surface area contributed by atoms with Gasteiger partial charge in [-0.2, -0.15) is 0 Å². The van der Waals surface area contributed by atoms with Crippen LogP contribution in [0.2, 0.25) is 0 Å². The van der Waals surface area contributed by atoms with Crippen molar-refractivity contribution in [1.29, 1.82) is 0 Å². The highest BCUT2D eigenvalue weighted by Gasteiger charge is 2.13. The van der Waals surface area contributed by atoms with Gasteiger partial charge in [0.1, 0.15) is 5.75 Å². The number of hydrogen-bond acceptors (Lipinski definition) is 2. The molecule has 2 rings (SSSR count). The van der Waals surface area contributed by atoms with Crippen molar-refractivity contribution in [1.82, 2.24) is 0 Å². The molecule has 3 heteroatoms. The molecule has 2 aromatic rings. The van der Waals surface area contributed by atoms with E-state index in [2.05, 4.69) is 54.0 Å². The molecule has 112 valence electrons. The lowest BCUT2D eigenvalue weighted by molar-refractivity contribution is 0.315. The highest BCUT2D eigenvalue weighted by molar-refractivity contribution is 9.10. The minimum Gasteiger partial charge on any atom is -0.492 e. The molecule has 0 radical (unpaired) electrons. The second-order valence-corrected chi connectivity index (χ2v) is 5.92. The van der Waals surface area contributed by atoms with Crippen LogP contribution in [0.15, 0.2) is 46.9 Å². The molecule has 1 unspecified atom stereocenters. The molecule has 1 atom stereocenters. The van der Waals surface area contributed by atoms with Crippen molar-refractivity contribution < 1.29 is 4.74 Å². The van der Waals surface area contributed by atoms with Gasteiger partial charge in [-0.3, -0.25) is 0 Å². The number of rotatable bonds is 6. The molecule has 0 aliphatic carbocycles. The van der Waals surface area contributed by atoms with E-state index in [0.717, 1.165) is 35.2 Å². The zero-order chi connectivity index (χ0) is 15.2. The van der Waals surface area contributed by atoms with Gasteiger partial charge < -0.3 is 10.5 Å². The molecule has 0 saturated heterocycles. The van der Waals surface area contributed by atoms with Gasteiger partial charge in [0.15, 0.2) is 0 Å². The third-order valence-electron chi connectivity index (χ3n) is 3.55. The third-order valence-corrected chi connectivity index (χ3v) is 4.17. The first-order valence-electron chi connectivity index (χ1n) is 7.43. The number of halogens is 1. The standard InChI is InChI=1S/C18H22BrNO/c1-3-11-21-17-10-9-14(12-16(17)19)18(20)15-8-6-5-7-13(15)4-2/h5-10,12,18H,3-4,11,20H2,1-2H3. The van der Waals surface area contributed by atoms with Crippen LogP contribution in [0.25, 0.3) is 0 Å². The second kappa shape index (κ2) is 7.62. The molecule has 0 fully saturated rings. The zero-order valence-corrected chi connectivity index (χ0v) is 14.2. The molecule has 0 spiro atoms. The molecule has 0 aliphatic heterocycles. The van der Waals surface area contributed by atoms with Crippen molar-refractivity contribution in [3.8, 4) is 5.75 Å². The van der Waals surface area contributed by atoms with Crippen LogP contribution >= 0.6 is 15.9 Å². The Morgan fingerprint density at radius 3 is 2.57 bits per heavy atom. The van der Waals surface area contributed by atoms with Crippen molar-refractivity contribution >= 4 is 15.9 Å². The summed E-state index contributed by atoms with van der Waals surface area (Å²) in [5.41, 5.74) is 10.0. The summed E-state index contributed by atoms with van der Waals surface area (Å²) < 4.78 is 6.64. The van der Waals surface area contributed by atoms with Gasteiger partial charge >= 0.3 is 0 Å². The fraction of sp³-hybridized carbons (Fsp3) is 0.333. The van der Waals surface area contributed by atoms with Crippen LogP contribution in [-0.4, -0.2) is 6.61 Å². The van der Waals surface area contributed by atoms with Gasteiger partial charge in [-0.05, 0) is 57.6 Å². The fourth-order valence-corrected chi connectivity index (χ4v) is 2.89. The number of hydrogen-bond donors (Lipinski definition) is 1. The van der Waals surface area contributed by atoms with Crippen molar-refractivity contribution in [2.75, 3.05) is 6.61 Å². The summed E-state index contributed by atoms with van der Waals surface area (Å²) in [5.74, 6) is 0.872. The smallest absolute Gasteiger partial charge is 0.133 e. The Hall–Kier alpha value is -1.32. The maximum atomic E-state index is 6.45. The van der Waals surface area contributed by atoms with E-state index in [1.807, 2.05) is 18.2 Å². The molecule has 0 amide bonds. The van der Waals surface area contributed by atoms with Crippen LogP contribution in [0, 0.1) is 0 Å². The molecule has 0 aromatic heterocycles. The largest absolute Gasteiger partial charge is 0.492 e. The van der Waals surface area contributed by atoms with Crippen LogP contribution < -0.4 is 10.5 Å². The summed E-state index contributed by atoms with van der Waals surface area (Å²) in [7, 11) is 0. The van der Waals surface area contributed by atoms with E-state index < -0.39 is 0 Å². The van der Waals surface area contributed by atoms with E-state index in [0.29, 0.717) is 0 Å². The molecule has 2 nitrogen and oxygen atoms in total. The average molecular weight is 348 g/mol. The second-order valence-electron chi connectivity index (χ2n) is 5.07. The molecule has 0 aliphatic rings. The summed E-state index contributed by atoms with van der Waals surface area (Å²) in [4.78, 5) is 0. The van der Waals surface area contributed by atoms with Crippen LogP contribution in [0.3, 0.4) is 0 Å². The molecule has 21 heavy (non-hydrogen) atoms. The molecule has 0 saturated carbocycles. The van der Waals surface area contributed by atoms with E-state index in [-0.39, 0.29) is 6.04 Å². The Morgan fingerprint density at radius 2 is 1.90 bits per heavy atom. The minimum atomic E-state index is -0.113. The summed E-state index contributed by atoms with van der Waals surface area (Å²) >= 11 is 3.57. The van der Waals surface area contributed by atoms with Gasteiger partial charge in [-0.1, -0.05) is 44.2 Å². The van der Waals surface area contributed by atoms with E-state index >= 15 is 0 Å². The topological polar surface area (TPSA) is 35.2 Å². The van der Waals surface area contributed by atoms with Gasteiger partial charge in [0.2, 0.25) is 0 Å². The Bertz CT molecular complexity index is 598. The van der Waals surface area contributed by atoms with Crippen LogP contribution in [0.4, 0.5) is 0 Å². The molecule has 2 aromatic carbocycles. The summed E-state index contributed by atoms with van der Waals surface area (Å²) in [6, 6.07) is 14.3. The van der Waals surface area contributed by atoms with E-state index in [1.54, 1.807) is 0 Å². The highest BCUT2D eigenvalue weighted by atomic mass is 79.9. The lowest BCUT2D eigenvalue weighted by atomic mass is 9.94. The Labute approximate surface area is 135 Å². The van der Waals surface area contributed by atoms with E-state index in [1.165, 1.54) is 11.1 Å². The van der Waals surface area contributed by atoms with E-state index in [9.17, 15) is 0 Å². The maximum Gasteiger partial charge on any atom is 0.133 e. The average Bonchev–Trinajstić information content (AvgIpc) is 2.53. The summed E-state index contributed by atoms with van der Waals surface area (Å²) in [6.07, 6.45) is 1.99. The Morgan fingerprint density at radius 1 is 1.14 bits per heavy atom. The Kier molecular flexibility index (Phi) is 5.83. The van der Waals surface area contributed by atoms with Crippen LogP contribution in [-0.2, 0) is 6.42 Å². The number of ether oxygens (including phenoxy) is 1. The van der Waals surface area contributed by atoms with Crippen molar-refractivity contribution in [3.63, 3.8) is 0 Å². The highest BCUT2D eigenvalue weighted by Crippen LogP contribution is 2.31. The van der Waals surface area contributed by atoms with Gasteiger partial charge in [-0.25, -0.2) is 0 Å². The molecule has 2 N–H and O–H groups in total. The van der Waals surface area contributed by atoms with Crippen molar-refractivity contribution in [2.24, 2.45) is 5.73 Å². The monoisotopic (exact) mass is 347 g/mol. The first-order chi connectivity index (χ1) is 10.2. The lowest BCUT2D eigenvalue weighted by Crippen LogP contribution is -2.14. The lowest BCUT2D eigenvalue weighted by Gasteiger charge is -2.17. The number of nitrogens with two attached hydrogens (primary N) is 1. The number of benzene rings is 2. The van der Waals surface area contributed by atoms with Gasteiger partial charge in [0.25, 0.3) is 0 Å². The van der Waals surface area contributed by atoms with Gasteiger partial charge in [-0.15, -0.1) is 0 Å². The van der Waals surface area contributed by atoms with E-state index in [4.69, 9.17) is 10.5 Å². The third kappa shape index (κ3) is 3.86. The molecule has 0 heterocycles. The zero-order valence-electron chi connectivity index (χ0n) is 12.6. The maximum absolute atomic E-state index is 6.45. The summed E-state index contributed by atoms with van der Waals surface area (Å²) in [5, 5.41) is 0. The Balaban J connectivity index is 2.27. The predicted molar refractivity (Wildman–Crippen MR) is 91.8 cm³/mol. The fourth-order valence-electron chi connectivity index (χ4n) is 2.38. The molecule has 0 bridgehead atoms. The first-order valence-corrected chi connectivity index (χ1v) is 8.22. The summed E-state index contributed by atoms with van der Waals surface area (Å²) in [6.45, 7) is 4.98. The predicted octanol–water partition coefficient (Wildman–Crippen LogP) is 4.85. The van der Waals surface area contributed by atoms with Crippen LogP contribution in [0.1, 0.15) is 43.0 Å². The molecular weight excluding hydrogens is 326 g/mol. The first kappa shape index (κ1) is 16.1.